The Morgan fingerprint density at radius 1 is 1.33 bits per heavy atom. The van der Waals surface area contributed by atoms with Crippen LogP contribution in [0.3, 0.4) is 0 Å². The highest BCUT2D eigenvalue weighted by atomic mass is 14.4. The highest BCUT2D eigenvalue weighted by Gasteiger charge is 2.35. The van der Waals surface area contributed by atoms with Crippen molar-refractivity contribution in [3.05, 3.63) is 11.6 Å². The molecule has 0 radical (unpaired) electrons. The van der Waals surface area contributed by atoms with Gasteiger partial charge in [0.25, 0.3) is 0 Å². The Hall–Kier alpha value is -0.260. The van der Waals surface area contributed by atoms with E-state index in [1.54, 1.807) is 5.57 Å². The first-order chi connectivity index (χ1) is 5.57. The molecule has 2 atom stereocenters. The van der Waals surface area contributed by atoms with Gasteiger partial charge in [0, 0.05) is 0 Å². The van der Waals surface area contributed by atoms with Crippen LogP contribution >= 0.6 is 0 Å². The Morgan fingerprint density at radius 2 is 2.08 bits per heavy atom. The van der Waals surface area contributed by atoms with Gasteiger partial charge in [-0.1, -0.05) is 32.4 Å². The summed E-state index contributed by atoms with van der Waals surface area (Å²) in [6.07, 6.45) is 8.35. The maximum Gasteiger partial charge on any atom is -0.0176 e. The summed E-state index contributed by atoms with van der Waals surface area (Å²) in [4.78, 5) is 0. The van der Waals surface area contributed by atoms with Crippen LogP contribution in [-0.4, -0.2) is 0 Å². The first kappa shape index (κ1) is 8.34. The third kappa shape index (κ3) is 1.32. The monoisotopic (exact) mass is 164 g/mol. The van der Waals surface area contributed by atoms with Crippen molar-refractivity contribution in [2.75, 3.05) is 0 Å². The second kappa shape index (κ2) is 2.61. The quantitative estimate of drug-likeness (QED) is 0.478. The van der Waals surface area contributed by atoms with Gasteiger partial charge in [0.2, 0.25) is 0 Å². The third-order valence-electron chi connectivity index (χ3n) is 3.61. The normalized spacial score (nSPS) is 35.1. The Kier molecular flexibility index (Phi) is 1.82. The molecule has 0 bridgehead atoms. The van der Waals surface area contributed by atoms with Crippen molar-refractivity contribution in [2.45, 2.75) is 46.5 Å². The molecular formula is C12H20. The lowest BCUT2D eigenvalue weighted by atomic mass is 9.79. The SMILES string of the molecule is CC(C)(C)C1C=C2CCCC2C1. The van der Waals surface area contributed by atoms with Crippen molar-refractivity contribution in [1.29, 1.82) is 0 Å². The summed E-state index contributed by atoms with van der Waals surface area (Å²) in [6, 6.07) is 0. The molecule has 0 saturated heterocycles. The molecule has 1 saturated carbocycles. The van der Waals surface area contributed by atoms with Gasteiger partial charge >= 0.3 is 0 Å². The van der Waals surface area contributed by atoms with Crippen molar-refractivity contribution < 1.29 is 0 Å². The summed E-state index contributed by atoms with van der Waals surface area (Å²) in [5.74, 6) is 1.84. The first-order valence-electron chi connectivity index (χ1n) is 5.28. The molecule has 0 amide bonds. The molecule has 0 spiro atoms. The molecule has 68 valence electrons. The molecule has 2 rings (SSSR count). The number of hydrogen-bond acceptors (Lipinski definition) is 0. The first-order valence-corrected chi connectivity index (χ1v) is 5.28. The second-order valence-corrected chi connectivity index (χ2v) is 5.54. The molecule has 0 heterocycles. The van der Waals surface area contributed by atoms with Crippen molar-refractivity contribution >= 4 is 0 Å². The summed E-state index contributed by atoms with van der Waals surface area (Å²) >= 11 is 0. The van der Waals surface area contributed by atoms with Crippen LogP contribution in [0.25, 0.3) is 0 Å². The molecule has 0 aromatic heterocycles. The van der Waals surface area contributed by atoms with Crippen LogP contribution in [-0.2, 0) is 0 Å². The zero-order chi connectivity index (χ0) is 8.77. The minimum absolute atomic E-state index is 0.497. The van der Waals surface area contributed by atoms with Crippen LogP contribution in [0.1, 0.15) is 46.5 Å². The summed E-state index contributed by atoms with van der Waals surface area (Å²) < 4.78 is 0. The number of fused-ring (bicyclic) bond motifs is 1. The van der Waals surface area contributed by atoms with Gasteiger partial charge < -0.3 is 0 Å². The Bertz CT molecular complexity index is 205. The van der Waals surface area contributed by atoms with E-state index in [0.717, 1.165) is 11.8 Å². The predicted octanol–water partition coefficient (Wildman–Crippen LogP) is 3.78. The highest BCUT2D eigenvalue weighted by Crippen LogP contribution is 2.47. The number of rotatable bonds is 0. The van der Waals surface area contributed by atoms with E-state index in [4.69, 9.17) is 0 Å². The van der Waals surface area contributed by atoms with Crippen LogP contribution < -0.4 is 0 Å². The van der Waals surface area contributed by atoms with E-state index in [1.807, 2.05) is 0 Å². The van der Waals surface area contributed by atoms with Gasteiger partial charge in [0.15, 0.2) is 0 Å². The van der Waals surface area contributed by atoms with E-state index in [1.165, 1.54) is 25.7 Å². The lowest BCUT2D eigenvalue weighted by Gasteiger charge is -2.26. The minimum Gasteiger partial charge on any atom is -0.0814 e. The molecule has 0 aromatic rings. The van der Waals surface area contributed by atoms with Crippen LogP contribution in [0.15, 0.2) is 11.6 Å². The molecule has 0 heteroatoms. The Morgan fingerprint density at radius 3 is 2.67 bits per heavy atom. The van der Waals surface area contributed by atoms with Crippen LogP contribution in [0.4, 0.5) is 0 Å². The lowest BCUT2D eigenvalue weighted by Crippen LogP contribution is -2.17. The molecule has 0 aliphatic heterocycles. The molecule has 12 heavy (non-hydrogen) atoms. The Labute approximate surface area is 76.1 Å². The second-order valence-electron chi connectivity index (χ2n) is 5.54. The minimum atomic E-state index is 0.497. The van der Waals surface area contributed by atoms with E-state index in [0.29, 0.717) is 5.41 Å². The summed E-state index contributed by atoms with van der Waals surface area (Å²) in [7, 11) is 0. The lowest BCUT2D eigenvalue weighted by molar-refractivity contribution is 0.271. The average molecular weight is 164 g/mol. The van der Waals surface area contributed by atoms with Gasteiger partial charge in [-0.25, -0.2) is 0 Å². The highest BCUT2D eigenvalue weighted by molar-refractivity contribution is 5.20. The molecule has 2 unspecified atom stereocenters. The van der Waals surface area contributed by atoms with Gasteiger partial charge in [-0.2, -0.15) is 0 Å². The van der Waals surface area contributed by atoms with E-state index in [2.05, 4.69) is 26.8 Å². The molecule has 1 fully saturated rings. The summed E-state index contributed by atoms with van der Waals surface area (Å²) in [6.45, 7) is 7.11. The van der Waals surface area contributed by atoms with Crippen molar-refractivity contribution in [1.82, 2.24) is 0 Å². The fourth-order valence-electron chi connectivity index (χ4n) is 2.67. The summed E-state index contributed by atoms with van der Waals surface area (Å²) in [5, 5.41) is 0. The average Bonchev–Trinajstić information content (AvgIpc) is 2.37. The van der Waals surface area contributed by atoms with Gasteiger partial charge in [0.1, 0.15) is 0 Å². The predicted molar refractivity (Wildman–Crippen MR) is 53.0 cm³/mol. The van der Waals surface area contributed by atoms with E-state index in [9.17, 15) is 0 Å². The fraction of sp³-hybridized carbons (Fsp3) is 0.833. The fourth-order valence-corrected chi connectivity index (χ4v) is 2.67. The third-order valence-corrected chi connectivity index (χ3v) is 3.61. The van der Waals surface area contributed by atoms with Crippen LogP contribution in [0.2, 0.25) is 0 Å². The number of allylic oxidation sites excluding steroid dienone is 2. The zero-order valence-electron chi connectivity index (χ0n) is 8.56. The number of hydrogen-bond donors (Lipinski definition) is 0. The van der Waals surface area contributed by atoms with Crippen molar-refractivity contribution in [2.24, 2.45) is 17.3 Å². The van der Waals surface area contributed by atoms with Crippen molar-refractivity contribution in [3.63, 3.8) is 0 Å². The van der Waals surface area contributed by atoms with Gasteiger partial charge in [0.05, 0.1) is 0 Å². The van der Waals surface area contributed by atoms with Gasteiger partial charge in [-0.05, 0) is 42.9 Å². The maximum absolute atomic E-state index is 2.58. The van der Waals surface area contributed by atoms with E-state index < -0.39 is 0 Å². The van der Waals surface area contributed by atoms with Crippen LogP contribution in [0, 0.1) is 17.3 Å². The molecule has 2 aliphatic carbocycles. The van der Waals surface area contributed by atoms with Gasteiger partial charge in [-0.3, -0.25) is 0 Å². The molecule has 0 nitrogen and oxygen atoms in total. The standard InChI is InChI=1S/C12H20/c1-12(2,3)11-7-9-5-4-6-10(9)8-11/h7,10-11H,4-6,8H2,1-3H3. The largest absolute Gasteiger partial charge is 0.0814 e. The van der Waals surface area contributed by atoms with Crippen LogP contribution in [0.5, 0.6) is 0 Å². The maximum atomic E-state index is 2.58. The zero-order valence-corrected chi connectivity index (χ0v) is 8.56. The van der Waals surface area contributed by atoms with E-state index in [-0.39, 0.29) is 0 Å². The van der Waals surface area contributed by atoms with E-state index >= 15 is 0 Å². The smallest absolute Gasteiger partial charge is 0.0176 e. The Balaban J connectivity index is 2.12. The molecular weight excluding hydrogens is 144 g/mol. The topological polar surface area (TPSA) is 0 Å². The molecule has 2 aliphatic rings. The van der Waals surface area contributed by atoms with Gasteiger partial charge in [-0.15, -0.1) is 0 Å². The summed E-state index contributed by atoms with van der Waals surface area (Å²) in [5.41, 5.74) is 2.28. The molecule has 0 N–H and O–H groups in total. The van der Waals surface area contributed by atoms with Crippen molar-refractivity contribution in [3.8, 4) is 0 Å². The molecule has 0 aromatic carbocycles.